The van der Waals surface area contributed by atoms with Crippen LogP contribution in [0.2, 0.25) is 0 Å². The van der Waals surface area contributed by atoms with Crippen molar-refractivity contribution in [3.63, 3.8) is 0 Å². The Morgan fingerprint density at radius 2 is 2.29 bits per heavy atom. The molecule has 0 radical (unpaired) electrons. The zero-order valence-electron chi connectivity index (χ0n) is 9.34. The molecule has 0 spiro atoms. The van der Waals surface area contributed by atoms with E-state index in [4.69, 9.17) is 10.8 Å². The molecule has 7 nitrogen and oxygen atoms in total. The number of aliphatic hydroxyl groups is 1. The van der Waals surface area contributed by atoms with Gasteiger partial charge in [-0.15, -0.1) is 5.10 Å². The number of hydrogen-bond donors (Lipinski definition) is 3. The van der Waals surface area contributed by atoms with Crippen LogP contribution in [-0.2, 0) is 11.2 Å². The molecule has 0 bridgehead atoms. The standard InChI is InChI=1S/C9H14N4O3S/c1-2-3-5-7(17-13-12-5)9(16)11-4-6(14)8(10)15/h6,14H,2-4H2,1H3,(H2,10,15)(H,11,16). The monoisotopic (exact) mass is 258 g/mol. The van der Waals surface area contributed by atoms with Gasteiger partial charge in [0.1, 0.15) is 11.0 Å². The highest BCUT2D eigenvalue weighted by molar-refractivity contribution is 7.08. The molecule has 0 fully saturated rings. The molecule has 94 valence electrons. The van der Waals surface area contributed by atoms with E-state index in [0.717, 1.165) is 18.0 Å². The van der Waals surface area contributed by atoms with Gasteiger partial charge >= 0.3 is 0 Å². The summed E-state index contributed by atoms with van der Waals surface area (Å²) in [4.78, 5) is 22.7. The highest BCUT2D eigenvalue weighted by Gasteiger charge is 2.18. The van der Waals surface area contributed by atoms with Crippen LogP contribution in [0.4, 0.5) is 0 Å². The Labute approximate surface area is 102 Å². The molecule has 0 aliphatic rings. The molecule has 1 aromatic heterocycles. The first kappa shape index (κ1) is 13.5. The number of hydrogen-bond acceptors (Lipinski definition) is 6. The first-order valence-electron chi connectivity index (χ1n) is 5.13. The number of carbonyl (C=O) groups excluding carboxylic acids is 2. The number of aliphatic hydroxyl groups excluding tert-OH is 1. The maximum Gasteiger partial charge on any atom is 0.265 e. The van der Waals surface area contributed by atoms with E-state index in [9.17, 15) is 9.59 Å². The van der Waals surface area contributed by atoms with Crippen LogP contribution in [0.25, 0.3) is 0 Å². The molecule has 0 aliphatic carbocycles. The maximum absolute atomic E-state index is 11.7. The Morgan fingerprint density at radius 3 is 2.88 bits per heavy atom. The van der Waals surface area contributed by atoms with Gasteiger partial charge in [0.05, 0.1) is 12.2 Å². The zero-order chi connectivity index (χ0) is 12.8. The second-order valence-corrected chi connectivity index (χ2v) is 4.18. The number of carbonyl (C=O) groups is 2. The second-order valence-electron chi connectivity index (χ2n) is 3.43. The van der Waals surface area contributed by atoms with Crippen molar-refractivity contribution in [3.8, 4) is 0 Å². The van der Waals surface area contributed by atoms with Gasteiger partial charge in [-0.3, -0.25) is 9.59 Å². The summed E-state index contributed by atoms with van der Waals surface area (Å²) in [6.07, 6.45) is 0.141. The van der Waals surface area contributed by atoms with E-state index >= 15 is 0 Å². The molecule has 8 heteroatoms. The largest absolute Gasteiger partial charge is 0.381 e. The third kappa shape index (κ3) is 3.75. The number of nitrogens with two attached hydrogens (primary N) is 1. The summed E-state index contributed by atoms with van der Waals surface area (Å²) in [5.74, 6) is -1.27. The summed E-state index contributed by atoms with van der Waals surface area (Å²) < 4.78 is 3.70. The van der Waals surface area contributed by atoms with Crippen LogP contribution in [0, 0.1) is 0 Å². The topological polar surface area (TPSA) is 118 Å². The van der Waals surface area contributed by atoms with Crippen LogP contribution >= 0.6 is 11.5 Å². The molecule has 0 aliphatic heterocycles. The van der Waals surface area contributed by atoms with Gasteiger partial charge in [-0.25, -0.2) is 0 Å². The van der Waals surface area contributed by atoms with Gasteiger partial charge in [0.15, 0.2) is 0 Å². The van der Waals surface area contributed by atoms with Crippen molar-refractivity contribution in [2.75, 3.05) is 6.54 Å². The second kappa shape index (κ2) is 6.26. The average Bonchev–Trinajstić information content (AvgIpc) is 2.74. The fourth-order valence-electron chi connectivity index (χ4n) is 1.15. The van der Waals surface area contributed by atoms with Gasteiger partial charge in [0, 0.05) is 0 Å². The molecule has 0 saturated heterocycles. The molecule has 1 unspecified atom stereocenters. The molecule has 1 heterocycles. The molecule has 1 rings (SSSR count). The van der Waals surface area contributed by atoms with Gasteiger partial charge in [-0.2, -0.15) is 0 Å². The summed E-state index contributed by atoms with van der Waals surface area (Å²) >= 11 is 0.987. The van der Waals surface area contributed by atoms with Gasteiger partial charge in [0.2, 0.25) is 5.91 Å². The van der Waals surface area contributed by atoms with Crippen LogP contribution in [0.1, 0.15) is 28.7 Å². The van der Waals surface area contributed by atoms with Crippen LogP contribution in [0.3, 0.4) is 0 Å². The summed E-state index contributed by atoms with van der Waals surface area (Å²) in [5.41, 5.74) is 5.48. The predicted octanol–water partition coefficient (Wildman–Crippen LogP) is -0.933. The van der Waals surface area contributed by atoms with Gasteiger partial charge in [0.25, 0.3) is 5.91 Å². The van der Waals surface area contributed by atoms with Gasteiger partial charge in [-0.1, -0.05) is 17.8 Å². The van der Waals surface area contributed by atoms with Crippen molar-refractivity contribution in [1.82, 2.24) is 14.9 Å². The smallest absolute Gasteiger partial charge is 0.265 e. The van der Waals surface area contributed by atoms with Crippen molar-refractivity contribution in [2.24, 2.45) is 5.73 Å². The van der Waals surface area contributed by atoms with Crippen LogP contribution in [-0.4, -0.2) is 39.2 Å². The van der Waals surface area contributed by atoms with E-state index in [0.29, 0.717) is 17.0 Å². The van der Waals surface area contributed by atoms with Crippen molar-refractivity contribution >= 4 is 23.3 Å². The van der Waals surface area contributed by atoms with E-state index < -0.39 is 17.9 Å². The van der Waals surface area contributed by atoms with E-state index in [1.54, 1.807) is 0 Å². The van der Waals surface area contributed by atoms with Crippen LogP contribution < -0.4 is 11.1 Å². The molecule has 1 aromatic rings. The predicted molar refractivity (Wildman–Crippen MR) is 61.4 cm³/mol. The fourth-order valence-corrected chi connectivity index (χ4v) is 1.78. The number of rotatable bonds is 6. The molecule has 0 saturated carbocycles. The van der Waals surface area contributed by atoms with Crippen LogP contribution in [0.5, 0.6) is 0 Å². The number of nitrogens with one attached hydrogen (secondary N) is 1. The lowest BCUT2D eigenvalue weighted by molar-refractivity contribution is -0.125. The summed E-state index contributed by atoms with van der Waals surface area (Å²) in [6.45, 7) is 1.76. The lowest BCUT2D eigenvalue weighted by Gasteiger charge is -2.07. The van der Waals surface area contributed by atoms with Gasteiger partial charge in [-0.05, 0) is 18.0 Å². The van der Waals surface area contributed by atoms with Crippen LogP contribution in [0.15, 0.2) is 0 Å². The number of amides is 2. The Hall–Kier alpha value is -1.54. The molecular formula is C9H14N4O3S. The maximum atomic E-state index is 11.7. The third-order valence-electron chi connectivity index (χ3n) is 2.03. The normalized spacial score (nSPS) is 12.1. The Bertz CT molecular complexity index is 407. The number of aryl methyl sites for hydroxylation is 1. The molecule has 1 atom stereocenters. The highest BCUT2D eigenvalue weighted by Crippen LogP contribution is 2.12. The third-order valence-corrected chi connectivity index (χ3v) is 2.80. The minimum absolute atomic E-state index is 0.211. The summed E-state index contributed by atoms with van der Waals surface area (Å²) in [7, 11) is 0. The van der Waals surface area contributed by atoms with Crippen molar-refractivity contribution in [3.05, 3.63) is 10.6 Å². The Morgan fingerprint density at radius 1 is 1.59 bits per heavy atom. The molecular weight excluding hydrogens is 244 g/mol. The highest BCUT2D eigenvalue weighted by atomic mass is 32.1. The summed E-state index contributed by atoms with van der Waals surface area (Å²) in [6, 6.07) is 0. The molecule has 2 amide bonds. The van der Waals surface area contributed by atoms with E-state index in [-0.39, 0.29) is 6.54 Å². The lowest BCUT2D eigenvalue weighted by atomic mass is 10.2. The Balaban J connectivity index is 2.57. The molecule has 4 N–H and O–H groups in total. The average molecular weight is 258 g/mol. The first-order chi connectivity index (χ1) is 8.06. The van der Waals surface area contributed by atoms with Gasteiger partial charge < -0.3 is 16.2 Å². The number of nitrogens with zero attached hydrogens (tertiary/aromatic N) is 2. The summed E-state index contributed by atoms with van der Waals surface area (Å²) in [5, 5.41) is 15.4. The zero-order valence-corrected chi connectivity index (χ0v) is 10.2. The van der Waals surface area contributed by atoms with E-state index in [2.05, 4.69) is 14.9 Å². The van der Waals surface area contributed by atoms with E-state index in [1.807, 2.05) is 6.92 Å². The fraction of sp³-hybridized carbons (Fsp3) is 0.556. The number of aromatic nitrogens is 2. The van der Waals surface area contributed by atoms with E-state index in [1.165, 1.54) is 0 Å². The first-order valence-corrected chi connectivity index (χ1v) is 5.90. The minimum atomic E-state index is -1.38. The van der Waals surface area contributed by atoms with Crippen molar-refractivity contribution in [2.45, 2.75) is 25.9 Å². The number of primary amides is 1. The minimum Gasteiger partial charge on any atom is -0.381 e. The quantitative estimate of drug-likeness (QED) is 0.609. The van der Waals surface area contributed by atoms with Crippen molar-refractivity contribution in [1.29, 1.82) is 0 Å². The molecule has 17 heavy (non-hydrogen) atoms. The SMILES string of the molecule is CCCc1nnsc1C(=O)NCC(O)C(N)=O. The lowest BCUT2D eigenvalue weighted by Crippen LogP contribution is -2.40. The molecule has 0 aromatic carbocycles. The van der Waals surface area contributed by atoms with Crippen molar-refractivity contribution < 1.29 is 14.7 Å². The Kier molecular flexibility index (Phi) is 4.98.